The first-order valence-electron chi connectivity index (χ1n) is 7.07. The molecule has 0 spiro atoms. The van der Waals surface area contributed by atoms with Crippen LogP contribution in [0.25, 0.3) is 0 Å². The number of rotatable bonds is 2. The van der Waals surface area contributed by atoms with Crippen molar-refractivity contribution in [1.82, 2.24) is 10.2 Å². The molecule has 2 heterocycles. The summed E-state index contributed by atoms with van der Waals surface area (Å²) >= 11 is 0. The number of likely N-dealkylation sites (tertiary alicyclic amines) is 1. The molecule has 20 heavy (non-hydrogen) atoms. The summed E-state index contributed by atoms with van der Waals surface area (Å²) in [6.45, 7) is 1.24. The van der Waals surface area contributed by atoms with Crippen LogP contribution in [0.2, 0.25) is 0 Å². The Hall–Kier alpha value is -1.88. The van der Waals surface area contributed by atoms with E-state index in [1.807, 2.05) is 30.3 Å². The van der Waals surface area contributed by atoms with Gasteiger partial charge < -0.3 is 16.0 Å². The van der Waals surface area contributed by atoms with E-state index >= 15 is 0 Å². The first kappa shape index (κ1) is 13.1. The predicted molar refractivity (Wildman–Crippen MR) is 74.6 cm³/mol. The van der Waals surface area contributed by atoms with Crippen molar-refractivity contribution in [3.63, 3.8) is 0 Å². The fourth-order valence-electron chi connectivity index (χ4n) is 3.21. The number of benzene rings is 1. The number of nitrogens with one attached hydrogen (secondary N) is 1. The molecule has 0 aliphatic carbocycles. The standard InChI is InChI=1S/C15H19N3O2/c16-13(10-5-2-1-3-6-10)15(20)18-8-4-7-11-12(18)9-17-14(11)19/h1-3,5-6,11-13H,4,7-9,16H2,(H,17,19). The quantitative estimate of drug-likeness (QED) is 0.820. The molecule has 2 aliphatic heterocycles. The van der Waals surface area contributed by atoms with Crippen molar-refractivity contribution in [2.24, 2.45) is 11.7 Å². The molecule has 106 valence electrons. The van der Waals surface area contributed by atoms with Gasteiger partial charge in [0, 0.05) is 13.1 Å². The van der Waals surface area contributed by atoms with Crippen molar-refractivity contribution in [1.29, 1.82) is 0 Å². The Labute approximate surface area is 118 Å². The molecular weight excluding hydrogens is 254 g/mol. The number of hydrogen-bond acceptors (Lipinski definition) is 3. The van der Waals surface area contributed by atoms with E-state index < -0.39 is 6.04 Å². The van der Waals surface area contributed by atoms with Crippen LogP contribution in [-0.2, 0) is 9.59 Å². The molecule has 0 radical (unpaired) electrons. The number of fused-ring (bicyclic) bond motifs is 1. The van der Waals surface area contributed by atoms with E-state index in [2.05, 4.69) is 5.32 Å². The highest BCUT2D eigenvalue weighted by atomic mass is 16.2. The Morgan fingerprint density at radius 1 is 1.35 bits per heavy atom. The molecule has 2 saturated heterocycles. The van der Waals surface area contributed by atoms with Gasteiger partial charge in [-0.15, -0.1) is 0 Å². The van der Waals surface area contributed by atoms with E-state index in [4.69, 9.17) is 5.73 Å². The van der Waals surface area contributed by atoms with E-state index in [-0.39, 0.29) is 23.8 Å². The summed E-state index contributed by atoms with van der Waals surface area (Å²) in [6, 6.07) is 8.70. The predicted octanol–water partition coefficient (Wildman–Crippen LogP) is 0.423. The number of carbonyl (C=O) groups is 2. The lowest BCUT2D eigenvalue weighted by molar-refractivity contribution is -0.138. The Balaban J connectivity index is 1.78. The molecule has 5 heteroatoms. The summed E-state index contributed by atoms with van der Waals surface area (Å²) in [5.74, 6) is -0.0705. The molecule has 0 bridgehead atoms. The smallest absolute Gasteiger partial charge is 0.244 e. The number of amides is 2. The van der Waals surface area contributed by atoms with Gasteiger partial charge in [0.2, 0.25) is 11.8 Å². The van der Waals surface area contributed by atoms with Gasteiger partial charge in [0.05, 0.1) is 12.0 Å². The lowest BCUT2D eigenvalue weighted by Crippen LogP contribution is -2.51. The Morgan fingerprint density at radius 3 is 2.85 bits per heavy atom. The van der Waals surface area contributed by atoms with Crippen LogP contribution in [0.3, 0.4) is 0 Å². The molecule has 1 aromatic carbocycles. The molecule has 0 aromatic heterocycles. The van der Waals surface area contributed by atoms with Crippen LogP contribution in [0.5, 0.6) is 0 Å². The fourth-order valence-corrected chi connectivity index (χ4v) is 3.21. The van der Waals surface area contributed by atoms with E-state index in [0.717, 1.165) is 18.4 Å². The molecular formula is C15H19N3O2. The van der Waals surface area contributed by atoms with E-state index in [9.17, 15) is 9.59 Å². The number of hydrogen-bond donors (Lipinski definition) is 2. The normalized spacial score (nSPS) is 26.9. The van der Waals surface area contributed by atoms with Crippen LogP contribution in [0.15, 0.2) is 30.3 Å². The maximum atomic E-state index is 12.6. The third kappa shape index (κ3) is 2.18. The summed E-state index contributed by atoms with van der Waals surface area (Å²) in [5, 5.41) is 2.85. The molecule has 2 amide bonds. The molecule has 3 rings (SSSR count). The number of nitrogens with two attached hydrogens (primary N) is 1. The minimum absolute atomic E-state index is 0.0292. The Bertz CT molecular complexity index is 517. The van der Waals surface area contributed by atoms with Gasteiger partial charge in [0.15, 0.2) is 0 Å². The lowest BCUT2D eigenvalue weighted by Gasteiger charge is -2.37. The molecule has 3 unspecified atom stereocenters. The van der Waals surface area contributed by atoms with Crippen molar-refractivity contribution in [3.8, 4) is 0 Å². The number of nitrogens with zero attached hydrogens (tertiary/aromatic N) is 1. The van der Waals surface area contributed by atoms with Crippen LogP contribution in [0, 0.1) is 5.92 Å². The van der Waals surface area contributed by atoms with E-state index in [0.29, 0.717) is 13.1 Å². The fraction of sp³-hybridized carbons (Fsp3) is 0.467. The minimum atomic E-state index is -0.648. The van der Waals surface area contributed by atoms with Gasteiger partial charge in [0.1, 0.15) is 6.04 Å². The number of carbonyl (C=O) groups excluding carboxylic acids is 2. The van der Waals surface area contributed by atoms with Crippen LogP contribution in [0.4, 0.5) is 0 Å². The molecule has 3 N–H and O–H groups in total. The van der Waals surface area contributed by atoms with Gasteiger partial charge >= 0.3 is 0 Å². The zero-order chi connectivity index (χ0) is 14.1. The summed E-state index contributed by atoms with van der Waals surface area (Å²) in [6.07, 6.45) is 1.72. The molecule has 5 nitrogen and oxygen atoms in total. The molecule has 1 aromatic rings. The third-order valence-electron chi connectivity index (χ3n) is 4.31. The summed E-state index contributed by atoms with van der Waals surface area (Å²) in [4.78, 5) is 26.1. The topological polar surface area (TPSA) is 75.4 Å². The van der Waals surface area contributed by atoms with Crippen LogP contribution in [0.1, 0.15) is 24.4 Å². The van der Waals surface area contributed by atoms with Crippen molar-refractivity contribution < 1.29 is 9.59 Å². The molecule has 0 saturated carbocycles. The number of piperidine rings is 1. The second kappa shape index (κ2) is 5.25. The highest BCUT2D eigenvalue weighted by Crippen LogP contribution is 2.29. The van der Waals surface area contributed by atoms with Crippen molar-refractivity contribution in [2.75, 3.05) is 13.1 Å². The lowest BCUT2D eigenvalue weighted by atomic mass is 9.90. The van der Waals surface area contributed by atoms with Gasteiger partial charge in [-0.25, -0.2) is 0 Å². The van der Waals surface area contributed by atoms with Crippen LogP contribution < -0.4 is 11.1 Å². The minimum Gasteiger partial charge on any atom is -0.354 e. The first-order chi connectivity index (χ1) is 9.68. The molecule has 3 atom stereocenters. The van der Waals surface area contributed by atoms with E-state index in [1.54, 1.807) is 4.90 Å². The largest absolute Gasteiger partial charge is 0.354 e. The first-order valence-corrected chi connectivity index (χ1v) is 7.07. The van der Waals surface area contributed by atoms with Gasteiger partial charge in [-0.3, -0.25) is 9.59 Å². The van der Waals surface area contributed by atoms with Crippen molar-refractivity contribution in [2.45, 2.75) is 24.9 Å². The monoisotopic (exact) mass is 273 g/mol. The zero-order valence-electron chi connectivity index (χ0n) is 11.3. The average molecular weight is 273 g/mol. The Morgan fingerprint density at radius 2 is 2.10 bits per heavy atom. The molecule has 2 fully saturated rings. The van der Waals surface area contributed by atoms with Gasteiger partial charge in [-0.1, -0.05) is 30.3 Å². The Kier molecular flexibility index (Phi) is 3.44. The summed E-state index contributed by atoms with van der Waals surface area (Å²) < 4.78 is 0. The summed E-state index contributed by atoms with van der Waals surface area (Å²) in [7, 11) is 0. The van der Waals surface area contributed by atoms with Gasteiger partial charge in [-0.2, -0.15) is 0 Å². The van der Waals surface area contributed by atoms with E-state index in [1.165, 1.54) is 0 Å². The van der Waals surface area contributed by atoms with Crippen molar-refractivity contribution in [3.05, 3.63) is 35.9 Å². The van der Waals surface area contributed by atoms with Crippen molar-refractivity contribution >= 4 is 11.8 Å². The second-order valence-electron chi connectivity index (χ2n) is 5.48. The maximum absolute atomic E-state index is 12.6. The van der Waals surface area contributed by atoms with Crippen LogP contribution >= 0.6 is 0 Å². The highest BCUT2D eigenvalue weighted by Gasteiger charge is 2.43. The third-order valence-corrected chi connectivity index (χ3v) is 4.31. The molecule has 2 aliphatic rings. The highest BCUT2D eigenvalue weighted by molar-refractivity contribution is 5.87. The zero-order valence-corrected chi connectivity index (χ0v) is 11.3. The van der Waals surface area contributed by atoms with Gasteiger partial charge in [0.25, 0.3) is 0 Å². The van der Waals surface area contributed by atoms with Crippen LogP contribution in [-0.4, -0.2) is 35.8 Å². The SMILES string of the molecule is NC(C(=O)N1CCCC2C(=O)NCC21)c1ccccc1. The second-order valence-corrected chi connectivity index (χ2v) is 5.48. The van der Waals surface area contributed by atoms with Gasteiger partial charge in [-0.05, 0) is 18.4 Å². The summed E-state index contributed by atoms with van der Waals surface area (Å²) in [5.41, 5.74) is 6.91. The average Bonchev–Trinajstić information content (AvgIpc) is 2.88. The maximum Gasteiger partial charge on any atom is 0.244 e.